The van der Waals surface area contributed by atoms with Gasteiger partial charge in [0.25, 0.3) is 0 Å². The van der Waals surface area contributed by atoms with Gasteiger partial charge < -0.3 is 10.2 Å². The average Bonchev–Trinajstić information content (AvgIpc) is 2.60. The molecule has 0 spiro atoms. The summed E-state index contributed by atoms with van der Waals surface area (Å²) in [7, 11) is 0. The molecule has 0 unspecified atom stereocenters. The zero-order chi connectivity index (χ0) is 19.9. The second-order valence-electron chi connectivity index (χ2n) is 6.86. The quantitative estimate of drug-likeness (QED) is 0.745. The summed E-state index contributed by atoms with van der Waals surface area (Å²) < 4.78 is 53.6. The summed E-state index contributed by atoms with van der Waals surface area (Å²) in [6.45, 7) is 5.51. The van der Waals surface area contributed by atoms with Gasteiger partial charge in [0.2, 0.25) is 5.91 Å². The molecule has 0 fully saturated rings. The van der Waals surface area contributed by atoms with E-state index in [1.807, 2.05) is 4.90 Å². The Morgan fingerprint density at radius 3 is 2.48 bits per heavy atom. The Morgan fingerprint density at radius 2 is 1.85 bits per heavy atom. The van der Waals surface area contributed by atoms with Crippen molar-refractivity contribution in [1.29, 1.82) is 0 Å². The first-order valence-corrected chi connectivity index (χ1v) is 8.59. The van der Waals surface area contributed by atoms with Crippen molar-refractivity contribution in [2.24, 2.45) is 0 Å². The van der Waals surface area contributed by atoms with Crippen LogP contribution in [-0.2, 0) is 23.9 Å². The van der Waals surface area contributed by atoms with Gasteiger partial charge in [0.05, 0.1) is 11.3 Å². The first kappa shape index (κ1) is 19.2. The first-order valence-electron chi connectivity index (χ1n) is 8.59. The molecule has 27 heavy (non-hydrogen) atoms. The molecular formula is C20H20F4N2O. The van der Waals surface area contributed by atoms with E-state index in [2.05, 4.69) is 5.32 Å². The van der Waals surface area contributed by atoms with Crippen molar-refractivity contribution in [3.8, 4) is 0 Å². The molecule has 1 N–H and O–H groups in total. The van der Waals surface area contributed by atoms with Gasteiger partial charge in [-0.3, -0.25) is 4.79 Å². The summed E-state index contributed by atoms with van der Waals surface area (Å²) in [5.74, 6) is -0.708. The van der Waals surface area contributed by atoms with Gasteiger partial charge in [0, 0.05) is 31.3 Å². The largest absolute Gasteiger partial charge is 0.416 e. The topological polar surface area (TPSA) is 32.3 Å². The fourth-order valence-electron chi connectivity index (χ4n) is 3.47. The molecular weight excluding hydrogens is 360 g/mol. The van der Waals surface area contributed by atoms with Crippen LogP contribution in [0.15, 0.2) is 24.3 Å². The van der Waals surface area contributed by atoms with Crippen molar-refractivity contribution in [1.82, 2.24) is 0 Å². The van der Waals surface area contributed by atoms with E-state index in [0.29, 0.717) is 42.0 Å². The minimum Gasteiger partial charge on any atom is -0.364 e. The highest BCUT2D eigenvalue weighted by Gasteiger charge is 2.32. The second-order valence-corrected chi connectivity index (χ2v) is 6.86. The maximum absolute atomic E-state index is 14.9. The zero-order valence-corrected chi connectivity index (χ0v) is 15.3. The Balaban J connectivity index is 1.92. The predicted molar refractivity (Wildman–Crippen MR) is 96.4 cm³/mol. The smallest absolute Gasteiger partial charge is 0.364 e. The first-order chi connectivity index (χ1) is 12.6. The zero-order valence-electron chi connectivity index (χ0n) is 15.3. The SMILES string of the molecule is CC(=O)Nc1c(C)cc(N2CCc3cc(C(F)(F)F)ccc3C2)c(F)c1C. The number of anilines is 2. The molecule has 0 saturated carbocycles. The number of aryl methyl sites for hydroxylation is 1. The summed E-state index contributed by atoms with van der Waals surface area (Å²) >= 11 is 0. The molecule has 0 atom stereocenters. The van der Waals surface area contributed by atoms with Crippen molar-refractivity contribution in [2.75, 3.05) is 16.8 Å². The van der Waals surface area contributed by atoms with E-state index in [0.717, 1.165) is 17.2 Å². The number of alkyl halides is 3. The minimum absolute atomic E-state index is 0.277. The lowest BCUT2D eigenvalue weighted by atomic mass is 9.96. The Kier molecular flexibility index (Phi) is 4.88. The van der Waals surface area contributed by atoms with Gasteiger partial charge in [-0.2, -0.15) is 13.2 Å². The molecule has 1 heterocycles. The number of nitrogens with one attached hydrogen (secondary N) is 1. The van der Waals surface area contributed by atoms with E-state index in [1.165, 1.54) is 19.1 Å². The molecule has 3 rings (SSSR count). The average molecular weight is 380 g/mol. The van der Waals surface area contributed by atoms with Crippen LogP contribution in [0.5, 0.6) is 0 Å². The van der Waals surface area contributed by atoms with Crippen LogP contribution in [0.1, 0.15) is 34.7 Å². The minimum atomic E-state index is -4.37. The van der Waals surface area contributed by atoms with E-state index in [9.17, 15) is 22.4 Å². The molecule has 1 amide bonds. The molecule has 2 aromatic carbocycles. The van der Waals surface area contributed by atoms with Crippen LogP contribution in [0.3, 0.4) is 0 Å². The van der Waals surface area contributed by atoms with Crippen LogP contribution >= 0.6 is 0 Å². The summed E-state index contributed by atoms with van der Waals surface area (Å²) in [6, 6.07) is 5.38. The number of hydrogen-bond donors (Lipinski definition) is 1. The van der Waals surface area contributed by atoms with E-state index in [1.54, 1.807) is 19.9 Å². The van der Waals surface area contributed by atoms with Gasteiger partial charge in [-0.1, -0.05) is 6.07 Å². The molecule has 2 aromatic rings. The number of amides is 1. The highest BCUT2D eigenvalue weighted by atomic mass is 19.4. The number of carbonyl (C=O) groups is 1. The third kappa shape index (κ3) is 3.77. The molecule has 0 aromatic heterocycles. The van der Waals surface area contributed by atoms with Crippen molar-refractivity contribution in [2.45, 2.75) is 39.9 Å². The third-order valence-electron chi connectivity index (χ3n) is 4.86. The molecule has 3 nitrogen and oxygen atoms in total. The van der Waals surface area contributed by atoms with Gasteiger partial charge in [0.15, 0.2) is 5.82 Å². The fourth-order valence-corrected chi connectivity index (χ4v) is 3.47. The molecule has 0 saturated heterocycles. The highest BCUT2D eigenvalue weighted by molar-refractivity contribution is 5.91. The van der Waals surface area contributed by atoms with E-state index in [-0.39, 0.29) is 5.91 Å². The van der Waals surface area contributed by atoms with Crippen molar-refractivity contribution in [3.05, 3.63) is 57.9 Å². The van der Waals surface area contributed by atoms with Crippen LogP contribution < -0.4 is 10.2 Å². The third-order valence-corrected chi connectivity index (χ3v) is 4.86. The summed E-state index contributed by atoms with van der Waals surface area (Å²) in [5, 5.41) is 2.64. The number of nitrogens with zero attached hydrogens (tertiary/aromatic N) is 1. The molecule has 1 aliphatic heterocycles. The number of fused-ring (bicyclic) bond motifs is 1. The Morgan fingerprint density at radius 1 is 1.15 bits per heavy atom. The molecule has 7 heteroatoms. The van der Waals surface area contributed by atoms with E-state index in [4.69, 9.17) is 0 Å². The van der Waals surface area contributed by atoms with Gasteiger partial charge >= 0.3 is 6.18 Å². The van der Waals surface area contributed by atoms with Gasteiger partial charge in [0.1, 0.15) is 0 Å². The monoisotopic (exact) mass is 380 g/mol. The van der Waals surface area contributed by atoms with Crippen LogP contribution in [-0.4, -0.2) is 12.5 Å². The highest BCUT2D eigenvalue weighted by Crippen LogP contribution is 2.36. The van der Waals surface area contributed by atoms with Gasteiger partial charge in [-0.25, -0.2) is 4.39 Å². The Hall–Kier alpha value is -2.57. The van der Waals surface area contributed by atoms with E-state index < -0.39 is 17.6 Å². The lowest BCUT2D eigenvalue weighted by Gasteiger charge is -2.32. The lowest BCUT2D eigenvalue weighted by Crippen LogP contribution is -2.31. The Bertz CT molecular complexity index is 906. The fraction of sp³-hybridized carbons (Fsp3) is 0.350. The van der Waals surface area contributed by atoms with Gasteiger partial charge in [-0.05, 0) is 55.2 Å². The van der Waals surface area contributed by atoms with Crippen molar-refractivity contribution >= 4 is 17.3 Å². The Labute approximate surface area is 155 Å². The van der Waals surface area contributed by atoms with E-state index >= 15 is 0 Å². The summed E-state index contributed by atoms with van der Waals surface area (Å²) in [4.78, 5) is 13.1. The van der Waals surface area contributed by atoms with Crippen LogP contribution in [0, 0.1) is 19.7 Å². The normalized spacial score (nSPS) is 14.1. The van der Waals surface area contributed by atoms with Crippen molar-refractivity contribution in [3.63, 3.8) is 0 Å². The molecule has 144 valence electrons. The standard InChI is InChI=1S/C20H20F4N2O/c1-11-8-17(18(21)12(2)19(11)25-13(3)27)26-7-6-14-9-16(20(22,23)24)5-4-15(14)10-26/h4-5,8-9H,6-7,10H2,1-3H3,(H,25,27). The van der Waals surface area contributed by atoms with Crippen LogP contribution in [0.25, 0.3) is 0 Å². The van der Waals surface area contributed by atoms with Crippen molar-refractivity contribution < 1.29 is 22.4 Å². The van der Waals surface area contributed by atoms with Crippen LogP contribution in [0.4, 0.5) is 28.9 Å². The molecule has 0 aliphatic carbocycles. The molecule has 0 radical (unpaired) electrons. The van der Waals surface area contributed by atoms with Gasteiger partial charge in [-0.15, -0.1) is 0 Å². The number of benzene rings is 2. The molecule has 1 aliphatic rings. The maximum atomic E-state index is 14.9. The number of carbonyl (C=O) groups excluding carboxylic acids is 1. The second kappa shape index (κ2) is 6.87. The lowest BCUT2D eigenvalue weighted by molar-refractivity contribution is -0.137. The predicted octanol–water partition coefficient (Wildman–Crippen LogP) is 4.98. The summed E-state index contributed by atoms with van der Waals surface area (Å²) in [5.41, 5.74) is 2.67. The number of halogens is 4. The summed E-state index contributed by atoms with van der Waals surface area (Å²) in [6.07, 6.45) is -3.96. The maximum Gasteiger partial charge on any atom is 0.416 e. The molecule has 0 bridgehead atoms. The van der Waals surface area contributed by atoms with Crippen LogP contribution in [0.2, 0.25) is 0 Å². The number of hydrogen-bond acceptors (Lipinski definition) is 2. The number of rotatable bonds is 2.